The molecular weight excluding hydrogens is 516 g/mol. The van der Waals surface area contributed by atoms with Gasteiger partial charge in [0, 0.05) is 30.9 Å². The summed E-state index contributed by atoms with van der Waals surface area (Å²) in [5, 5.41) is 8.36. The van der Waals surface area contributed by atoms with Crippen LogP contribution in [0.1, 0.15) is 40.1 Å². The van der Waals surface area contributed by atoms with Crippen molar-refractivity contribution >= 4 is 22.9 Å². The van der Waals surface area contributed by atoms with Crippen LogP contribution in [-0.4, -0.2) is 41.8 Å². The van der Waals surface area contributed by atoms with Gasteiger partial charge < -0.3 is 10.6 Å². The largest absolute Gasteiger partial charge is 0.418 e. The summed E-state index contributed by atoms with van der Waals surface area (Å²) in [5.74, 6) is -1.01. The van der Waals surface area contributed by atoms with Crippen molar-refractivity contribution in [3.63, 3.8) is 0 Å². The number of carbonyl (C=O) groups excluding carboxylic acids is 1. The summed E-state index contributed by atoms with van der Waals surface area (Å²) in [6.45, 7) is 2.26. The van der Waals surface area contributed by atoms with E-state index < -0.39 is 11.7 Å². The van der Waals surface area contributed by atoms with Crippen LogP contribution in [0, 0.1) is 5.82 Å². The Balaban J connectivity index is 1.35. The molecule has 0 fully saturated rings. The van der Waals surface area contributed by atoms with Gasteiger partial charge in [-0.3, -0.25) is 14.5 Å². The molecule has 0 saturated heterocycles. The molecule has 39 heavy (non-hydrogen) atoms. The molecule has 1 aliphatic rings. The number of amides is 1. The number of alkyl halides is 3. The number of pyridine rings is 1. The molecule has 6 rings (SSSR count). The second-order valence-electron chi connectivity index (χ2n) is 9.18. The van der Waals surface area contributed by atoms with Crippen LogP contribution in [0.2, 0.25) is 0 Å². The summed E-state index contributed by atoms with van der Waals surface area (Å²) in [4.78, 5) is 23.2. The number of rotatable bonds is 4. The lowest BCUT2D eigenvalue weighted by Gasteiger charge is -2.27. The topological polar surface area (TPSA) is 107 Å². The zero-order valence-corrected chi connectivity index (χ0v) is 20.4. The van der Waals surface area contributed by atoms with Crippen molar-refractivity contribution in [2.45, 2.75) is 25.6 Å². The molecule has 1 amide bonds. The number of fused-ring (bicyclic) bond motifs is 2. The molecule has 2 N–H and O–H groups in total. The summed E-state index contributed by atoms with van der Waals surface area (Å²) >= 11 is 0. The summed E-state index contributed by atoms with van der Waals surface area (Å²) in [6, 6.07) is 8.32. The fraction of sp³-hybridized carbons (Fsp3) is 0.192. The minimum atomic E-state index is -4.69. The Hall–Kier alpha value is -4.81. The SMILES string of the molecule is C[C@H](c1ccc(F)cc1)n1cc(N2CCc3ncc(-c4cc(C(F)(F)F)c5c(N)ncnn45)cc3C2=O)cn1. The van der Waals surface area contributed by atoms with Crippen molar-refractivity contribution in [1.82, 2.24) is 29.4 Å². The first-order valence-corrected chi connectivity index (χ1v) is 11.9. The van der Waals surface area contributed by atoms with Gasteiger partial charge >= 0.3 is 6.18 Å². The van der Waals surface area contributed by atoms with Gasteiger partial charge in [-0.15, -0.1) is 0 Å². The number of benzene rings is 1. The molecule has 0 saturated carbocycles. The second kappa shape index (κ2) is 8.89. The normalized spacial score (nSPS) is 14.6. The average Bonchev–Trinajstić information content (AvgIpc) is 3.55. The Morgan fingerprint density at radius 2 is 1.82 bits per heavy atom. The highest BCUT2D eigenvalue weighted by atomic mass is 19.4. The Labute approximate surface area is 218 Å². The highest BCUT2D eigenvalue weighted by Crippen LogP contribution is 2.39. The van der Waals surface area contributed by atoms with Crippen molar-refractivity contribution < 1.29 is 22.4 Å². The fourth-order valence-corrected chi connectivity index (χ4v) is 4.79. The molecule has 0 spiro atoms. The minimum Gasteiger partial charge on any atom is -0.382 e. The number of nitrogens with zero attached hydrogens (tertiary/aromatic N) is 7. The highest BCUT2D eigenvalue weighted by molar-refractivity contribution is 6.08. The van der Waals surface area contributed by atoms with E-state index in [-0.39, 0.29) is 45.9 Å². The molecule has 5 aromatic rings. The standard InChI is InChI=1S/C26H20F4N8O/c1-14(15-2-4-17(27)5-3-15)37-12-18(11-34-37)36-7-6-21-19(25(36)39)8-16(10-32-21)22-9-20(26(28,29)30)23-24(31)33-13-35-38(22)23/h2-5,8-14H,6-7H2,1H3,(H2,31,33,35)/t14-/m1/s1. The smallest absolute Gasteiger partial charge is 0.382 e. The van der Waals surface area contributed by atoms with Gasteiger partial charge in [-0.2, -0.15) is 23.4 Å². The van der Waals surface area contributed by atoms with Crippen molar-refractivity contribution in [2.24, 2.45) is 0 Å². The number of carbonyl (C=O) groups is 1. The van der Waals surface area contributed by atoms with Crippen LogP contribution < -0.4 is 10.6 Å². The number of halogens is 4. The van der Waals surface area contributed by atoms with Crippen molar-refractivity contribution in [3.8, 4) is 11.3 Å². The van der Waals surface area contributed by atoms with Crippen LogP contribution in [0.25, 0.3) is 16.8 Å². The van der Waals surface area contributed by atoms with E-state index in [1.54, 1.807) is 34.1 Å². The van der Waals surface area contributed by atoms with E-state index in [1.165, 1.54) is 24.4 Å². The Morgan fingerprint density at radius 1 is 1.05 bits per heavy atom. The number of hydrogen-bond donors (Lipinski definition) is 1. The third-order valence-electron chi connectivity index (χ3n) is 6.85. The van der Waals surface area contributed by atoms with Crippen LogP contribution in [0.3, 0.4) is 0 Å². The van der Waals surface area contributed by atoms with Gasteiger partial charge in [0.25, 0.3) is 5.91 Å². The molecule has 0 aliphatic carbocycles. The zero-order chi connectivity index (χ0) is 27.5. The maximum absolute atomic E-state index is 13.8. The van der Waals surface area contributed by atoms with Crippen LogP contribution in [0.15, 0.2) is 61.3 Å². The van der Waals surface area contributed by atoms with E-state index in [1.807, 2.05) is 6.92 Å². The monoisotopic (exact) mass is 536 g/mol. The molecule has 9 nitrogen and oxygen atoms in total. The van der Waals surface area contributed by atoms with Crippen LogP contribution in [-0.2, 0) is 12.6 Å². The first-order chi connectivity index (χ1) is 18.6. The maximum atomic E-state index is 13.8. The molecule has 0 unspecified atom stereocenters. The lowest BCUT2D eigenvalue weighted by atomic mass is 10.0. The van der Waals surface area contributed by atoms with Gasteiger partial charge in [0.2, 0.25) is 0 Å². The van der Waals surface area contributed by atoms with E-state index in [0.29, 0.717) is 24.3 Å². The molecule has 5 heterocycles. The molecule has 1 aromatic carbocycles. The number of nitrogen functional groups attached to an aromatic ring is 1. The van der Waals surface area contributed by atoms with Gasteiger partial charge in [0.05, 0.1) is 40.4 Å². The molecule has 198 valence electrons. The van der Waals surface area contributed by atoms with Crippen molar-refractivity contribution in [2.75, 3.05) is 17.2 Å². The fourth-order valence-electron chi connectivity index (χ4n) is 4.79. The van der Waals surface area contributed by atoms with Crippen LogP contribution >= 0.6 is 0 Å². The Kier molecular flexibility index (Phi) is 5.59. The number of aromatic nitrogens is 6. The second-order valence-corrected chi connectivity index (χ2v) is 9.18. The molecule has 0 radical (unpaired) electrons. The minimum absolute atomic E-state index is 0.0765. The predicted molar refractivity (Wildman–Crippen MR) is 133 cm³/mol. The maximum Gasteiger partial charge on any atom is 0.418 e. The quantitative estimate of drug-likeness (QED) is 0.338. The van der Waals surface area contributed by atoms with E-state index in [2.05, 4.69) is 20.2 Å². The van der Waals surface area contributed by atoms with E-state index in [0.717, 1.165) is 22.5 Å². The lowest BCUT2D eigenvalue weighted by molar-refractivity contribution is -0.136. The zero-order valence-electron chi connectivity index (χ0n) is 20.4. The molecule has 0 bridgehead atoms. The molecule has 1 aliphatic heterocycles. The molecule has 1 atom stereocenters. The average molecular weight is 536 g/mol. The molecule has 4 aromatic heterocycles. The Bertz CT molecular complexity index is 1720. The summed E-state index contributed by atoms with van der Waals surface area (Å²) in [5.41, 5.74) is 6.96. The summed E-state index contributed by atoms with van der Waals surface area (Å²) in [7, 11) is 0. The Morgan fingerprint density at radius 3 is 2.56 bits per heavy atom. The van der Waals surface area contributed by atoms with E-state index in [4.69, 9.17) is 5.73 Å². The first kappa shape index (κ1) is 24.5. The van der Waals surface area contributed by atoms with Crippen molar-refractivity contribution in [3.05, 3.63) is 89.5 Å². The van der Waals surface area contributed by atoms with E-state index in [9.17, 15) is 22.4 Å². The third kappa shape index (κ3) is 4.15. The van der Waals surface area contributed by atoms with Gasteiger partial charge in [0.1, 0.15) is 17.7 Å². The van der Waals surface area contributed by atoms with Crippen LogP contribution in [0.5, 0.6) is 0 Å². The van der Waals surface area contributed by atoms with Crippen LogP contribution in [0.4, 0.5) is 29.1 Å². The molecular formula is C26H20F4N8O. The van der Waals surface area contributed by atoms with Gasteiger partial charge in [0.15, 0.2) is 5.82 Å². The van der Waals surface area contributed by atoms with Gasteiger partial charge in [-0.1, -0.05) is 12.1 Å². The number of hydrogen-bond acceptors (Lipinski definition) is 6. The van der Waals surface area contributed by atoms with Crippen molar-refractivity contribution in [1.29, 1.82) is 0 Å². The number of nitrogens with two attached hydrogens (primary N) is 1. The van der Waals surface area contributed by atoms with Gasteiger partial charge in [-0.25, -0.2) is 13.9 Å². The lowest BCUT2D eigenvalue weighted by Crippen LogP contribution is -2.38. The summed E-state index contributed by atoms with van der Waals surface area (Å²) in [6.07, 6.45) is 1.53. The van der Waals surface area contributed by atoms with E-state index >= 15 is 0 Å². The summed E-state index contributed by atoms with van der Waals surface area (Å²) < 4.78 is 57.3. The highest BCUT2D eigenvalue weighted by Gasteiger charge is 2.37. The predicted octanol–water partition coefficient (Wildman–Crippen LogP) is 4.54. The third-order valence-corrected chi connectivity index (χ3v) is 6.85. The number of anilines is 2. The first-order valence-electron chi connectivity index (χ1n) is 11.9. The molecule has 13 heteroatoms. The van der Waals surface area contributed by atoms with Gasteiger partial charge in [-0.05, 0) is 36.8 Å².